The molecular formula is C18H19N7. The van der Waals surface area contributed by atoms with Gasteiger partial charge in [0.1, 0.15) is 11.6 Å². The third-order valence-corrected chi connectivity index (χ3v) is 4.12. The maximum absolute atomic E-state index is 6.10. The van der Waals surface area contributed by atoms with Crippen molar-refractivity contribution in [2.24, 2.45) is 0 Å². The number of aromatic amines is 1. The first-order chi connectivity index (χ1) is 12.0. The van der Waals surface area contributed by atoms with Crippen LogP contribution in [-0.2, 0) is 6.54 Å². The number of hydrogen-bond acceptors (Lipinski definition) is 6. The minimum atomic E-state index is 0.428. The van der Waals surface area contributed by atoms with Crippen LogP contribution in [0.5, 0.6) is 0 Å². The van der Waals surface area contributed by atoms with E-state index in [1.54, 1.807) is 0 Å². The highest BCUT2D eigenvalue weighted by molar-refractivity contribution is 5.89. The lowest BCUT2D eigenvalue weighted by Crippen LogP contribution is -2.08. The van der Waals surface area contributed by atoms with Crippen LogP contribution in [0.1, 0.15) is 22.6 Å². The number of H-pyrrole nitrogens is 1. The molecule has 0 amide bonds. The van der Waals surface area contributed by atoms with Gasteiger partial charge in [0, 0.05) is 5.69 Å². The summed E-state index contributed by atoms with van der Waals surface area (Å²) in [5.41, 5.74) is 11.8. The molecule has 126 valence electrons. The minimum absolute atomic E-state index is 0.428. The lowest BCUT2D eigenvalue weighted by Gasteiger charge is -2.08. The molecule has 4 aromatic rings. The number of imidazole rings is 1. The van der Waals surface area contributed by atoms with E-state index in [-0.39, 0.29) is 0 Å². The first kappa shape index (κ1) is 15.3. The second-order valence-corrected chi connectivity index (χ2v) is 6.27. The molecule has 0 aliphatic heterocycles. The van der Waals surface area contributed by atoms with E-state index >= 15 is 0 Å². The van der Waals surface area contributed by atoms with Crippen LogP contribution in [0.3, 0.4) is 0 Å². The molecule has 4 N–H and O–H groups in total. The van der Waals surface area contributed by atoms with Gasteiger partial charge < -0.3 is 16.0 Å². The number of rotatable bonds is 3. The van der Waals surface area contributed by atoms with E-state index < -0.39 is 0 Å². The second kappa shape index (κ2) is 5.70. The van der Waals surface area contributed by atoms with E-state index in [9.17, 15) is 0 Å². The molecule has 0 saturated carbocycles. The Labute approximate surface area is 144 Å². The van der Waals surface area contributed by atoms with E-state index in [4.69, 9.17) is 5.73 Å². The van der Waals surface area contributed by atoms with Crippen LogP contribution in [0.25, 0.3) is 22.1 Å². The molecule has 0 unspecified atom stereocenters. The summed E-state index contributed by atoms with van der Waals surface area (Å²) < 4.78 is 0. The molecule has 0 aliphatic carbocycles. The number of nitrogen functional groups attached to an aromatic ring is 1. The number of nitrogens with zero attached hydrogens (tertiary/aromatic N) is 4. The summed E-state index contributed by atoms with van der Waals surface area (Å²) in [6.45, 7) is 6.46. The molecule has 4 rings (SSSR count). The first-order valence-corrected chi connectivity index (χ1v) is 8.10. The van der Waals surface area contributed by atoms with Gasteiger partial charge in [0.25, 0.3) is 0 Å². The summed E-state index contributed by atoms with van der Waals surface area (Å²) in [7, 11) is 0. The van der Waals surface area contributed by atoms with Crippen molar-refractivity contribution in [1.29, 1.82) is 0 Å². The zero-order chi connectivity index (χ0) is 17.6. The Balaban J connectivity index is 1.63. The Morgan fingerprint density at radius 3 is 2.72 bits per heavy atom. The van der Waals surface area contributed by atoms with Gasteiger partial charge in [-0.15, -0.1) is 0 Å². The molecule has 0 saturated heterocycles. The van der Waals surface area contributed by atoms with Crippen LogP contribution < -0.4 is 11.1 Å². The van der Waals surface area contributed by atoms with Crippen LogP contribution in [0.2, 0.25) is 0 Å². The van der Waals surface area contributed by atoms with E-state index in [2.05, 4.69) is 43.2 Å². The average molecular weight is 333 g/mol. The molecule has 0 bridgehead atoms. The number of hydrogen-bond donors (Lipinski definition) is 3. The lowest BCUT2D eigenvalue weighted by atomic mass is 10.1. The molecule has 7 heteroatoms. The molecule has 0 spiro atoms. The van der Waals surface area contributed by atoms with Crippen molar-refractivity contribution in [3.63, 3.8) is 0 Å². The summed E-state index contributed by atoms with van der Waals surface area (Å²) in [6.07, 6.45) is 0. The quantitative estimate of drug-likeness (QED) is 0.532. The number of pyridine rings is 1. The Bertz CT molecular complexity index is 1100. The predicted molar refractivity (Wildman–Crippen MR) is 99.4 cm³/mol. The molecule has 3 aromatic heterocycles. The molecule has 7 nitrogen and oxygen atoms in total. The topological polar surface area (TPSA) is 105 Å². The molecule has 0 atom stereocenters. The van der Waals surface area contributed by atoms with Crippen LogP contribution in [0.15, 0.2) is 24.3 Å². The molecule has 25 heavy (non-hydrogen) atoms. The standard InChI is InChI=1S/C18H19N7/c1-9-4-5-12-13(6-9)23-14(22-12)8-20-18-24-16(19)15-10(2)7-11(3)21-17(15)25-18/h4-7H,8H2,1-3H3,(H,22,23)(H3,19,20,21,24,25). The maximum Gasteiger partial charge on any atom is 0.227 e. The SMILES string of the molecule is Cc1ccc2nc(CNc3nc(N)c4c(C)cc(C)nc4n3)[nH]c2c1. The third kappa shape index (κ3) is 2.84. The van der Waals surface area contributed by atoms with E-state index in [1.807, 2.05) is 32.0 Å². The number of aromatic nitrogens is 5. The van der Waals surface area contributed by atoms with Crippen molar-refractivity contribution in [2.45, 2.75) is 27.3 Å². The Hall–Kier alpha value is -3.22. The van der Waals surface area contributed by atoms with Gasteiger partial charge in [-0.2, -0.15) is 9.97 Å². The highest BCUT2D eigenvalue weighted by atomic mass is 15.1. The zero-order valence-corrected chi connectivity index (χ0v) is 14.4. The molecule has 1 aromatic carbocycles. The van der Waals surface area contributed by atoms with E-state index in [0.29, 0.717) is 24.0 Å². The van der Waals surface area contributed by atoms with Gasteiger partial charge in [-0.25, -0.2) is 9.97 Å². The van der Waals surface area contributed by atoms with E-state index in [1.165, 1.54) is 5.56 Å². The number of anilines is 2. The van der Waals surface area contributed by atoms with Crippen molar-refractivity contribution in [2.75, 3.05) is 11.1 Å². The highest BCUT2D eigenvalue weighted by Crippen LogP contribution is 2.23. The van der Waals surface area contributed by atoms with Crippen LogP contribution in [-0.4, -0.2) is 24.9 Å². The lowest BCUT2D eigenvalue weighted by molar-refractivity contribution is 0.980. The van der Waals surface area contributed by atoms with Gasteiger partial charge >= 0.3 is 0 Å². The summed E-state index contributed by atoms with van der Waals surface area (Å²) in [5.74, 6) is 1.69. The summed E-state index contributed by atoms with van der Waals surface area (Å²) in [5, 5.41) is 3.97. The fourth-order valence-corrected chi connectivity index (χ4v) is 3.01. The van der Waals surface area contributed by atoms with Gasteiger partial charge in [0.2, 0.25) is 5.95 Å². The fraction of sp³-hybridized carbons (Fsp3) is 0.222. The maximum atomic E-state index is 6.10. The van der Waals surface area contributed by atoms with Crippen LogP contribution in [0.4, 0.5) is 11.8 Å². The number of aryl methyl sites for hydroxylation is 3. The van der Waals surface area contributed by atoms with E-state index in [0.717, 1.165) is 33.5 Å². The first-order valence-electron chi connectivity index (χ1n) is 8.10. The largest absolute Gasteiger partial charge is 0.383 e. The predicted octanol–water partition coefficient (Wildman–Crippen LogP) is 3.02. The van der Waals surface area contributed by atoms with Gasteiger partial charge in [-0.3, -0.25) is 0 Å². The smallest absolute Gasteiger partial charge is 0.227 e. The number of benzene rings is 1. The van der Waals surface area contributed by atoms with Crippen molar-refractivity contribution in [3.8, 4) is 0 Å². The molecule has 0 aliphatic rings. The summed E-state index contributed by atoms with van der Waals surface area (Å²) in [6, 6.07) is 8.10. The number of nitrogens with two attached hydrogens (primary N) is 1. The Morgan fingerprint density at radius 1 is 1.04 bits per heavy atom. The van der Waals surface area contributed by atoms with Crippen molar-refractivity contribution < 1.29 is 0 Å². The minimum Gasteiger partial charge on any atom is -0.383 e. The molecule has 0 fully saturated rings. The zero-order valence-electron chi connectivity index (χ0n) is 14.4. The van der Waals surface area contributed by atoms with Crippen molar-refractivity contribution in [3.05, 3.63) is 46.9 Å². The van der Waals surface area contributed by atoms with Gasteiger partial charge in [0.15, 0.2) is 5.65 Å². The van der Waals surface area contributed by atoms with Crippen molar-refractivity contribution in [1.82, 2.24) is 24.9 Å². The van der Waals surface area contributed by atoms with Gasteiger partial charge in [0.05, 0.1) is 23.0 Å². The van der Waals surface area contributed by atoms with Gasteiger partial charge in [-0.05, 0) is 50.1 Å². The van der Waals surface area contributed by atoms with Crippen LogP contribution >= 0.6 is 0 Å². The Kier molecular flexibility index (Phi) is 3.49. The summed E-state index contributed by atoms with van der Waals surface area (Å²) in [4.78, 5) is 21.2. The fourth-order valence-electron chi connectivity index (χ4n) is 3.01. The van der Waals surface area contributed by atoms with Crippen molar-refractivity contribution >= 4 is 33.8 Å². The monoisotopic (exact) mass is 333 g/mol. The average Bonchev–Trinajstić information content (AvgIpc) is 2.93. The Morgan fingerprint density at radius 2 is 1.88 bits per heavy atom. The third-order valence-electron chi connectivity index (χ3n) is 4.12. The molecule has 0 radical (unpaired) electrons. The molecular weight excluding hydrogens is 314 g/mol. The number of fused-ring (bicyclic) bond motifs is 2. The highest BCUT2D eigenvalue weighted by Gasteiger charge is 2.10. The summed E-state index contributed by atoms with van der Waals surface area (Å²) >= 11 is 0. The normalized spacial score (nSPS) is 11.3. The second-order valence-electron chi connectivity index (χ2n) is 6.27. The van der Waals surface area contributed by atoms with Gasteiger partial charge in [-0.1, -0.05) is 6.07 Å². The number of nitrogens with one attached hydrogen (secondary N) is 2. The van der Waals surface area contributed by atoms with Crippen LogP contribution in [0, 0.1) is 20.8 Å². The molecule has 3 heterocycles.